The van der Waals surface area contributed by atoms with Crippen molar-refractivity contribution in [3.8, 4) is 0 Å². The number of halogens is 7. The fourth-order valence-corrected chi connectivity index (χ4v) is 21.7. The Hall–Kier alpha value is -5.24. The molecule has 21 nitrogen and oxygen atoms in total. The van der Waals surface area contributed by atoms with Crippen molar-refractivity contribution in [3.63, 3.8) is 0 Å². The van der Waals surface area contributed by atoms with Gasteiger partial charge in [-0.2, -0.15) is 25.0 Å². The Kier molecular flexibility index (Phi) is 22.4. The second-order valence-corrected chi connectivity index (χ2v) is 40.2. The molecule has 0 amide bonds. The minimum Gasteiger partial charge on any atom is -0.354 e. The third-order valence-corrected chi connectivity index (χ3v) is 29.8. The fraction of sp³-hybridized carbons (Fsp3) is 0.622. The van der Waals surface area contributed by atoms with Gasteiger partial charge in [0.05, 0.1) is 36.7 Å². The normalized spacial score (nSPS) is 32.8. The van der Waals surface area contributed by atoms with Crippen LogP contribution in [-0.2, 0) is 20.1 Å². The number of fused-ring (bicyclic) bond motifs is 5. The maximum absolute atomic E-state index is 6.52. The van der Waals surface area contributed by atoms with Crippen LogP contribution in [0.2, 0.25) is 35.9 Å². The summed E-state index contributed by atoms with van der Waals surface area (Å²) >= 11 is 43.1. The summed E-state index contributed by atoms with van der Waals surface area (Å²) in [6.07, 6.45) is 15.8. The standard InChI is InChI=1S/C20H28ClN7.C19H22Cl2N4.C16H22Cl2N4.C15H22N2.C12H16Cl2N4/c1-19-10-27(8-14-4-5-14)11-20(19,2)13-28(12-19)17-16(21)7-22-18(25-17)24-15-6-23-26(3)9-15;1-18-10-24(9-14-6-4-3-5-7-14)11-19(18,2)13-25(12-18)16-15(20)8-22-17(21)23-16;1-15-7-21(6-11-3-4-11)8-16(15,2)10-22(9-15)13-12(17)5-19-14(18)20-13;1-14-9-16-10-15(14,2)12-17(11-14)8-13-6-4-3-5-7-13;1-11-4-15-5-12(11,2)7-18(6-11)9-8(13)3-16-10(14)17-9/h6-7,9,14H,4-5,8,10-13H2,1-3H3,(H,22,24,25);3-8H,9-13H2,1-2H3;5,11H,3-4,6-10H2,1-2H3;3-7,16H,8-12H2,1-2H3;3,15H,4-7H2,1-2H3/t19-,20+;18-,19+;15-,16+;14-,15+;11-,12+. The first-order valence-electron chi connectivity index (χ1n) is 39.4. The Labute approximate surface area is 686 Å². The molecule has 2 saturated carbocycles. The molecule has 10 saturated heterocycles. The molecule has 7 aromatic rings. The number of anilines is 6. The van der Waals surface area contributed by atoms with E-state index in [-0.39, 0.29) is 59.2 Å². The topological polar surface area (TPSA) is 183 Å². The molecule has 110 heavy (non-hydrogen) atoms. The van der Waals surface area contributed by atoms with Crippen molar-refractivity contribution in [2.24, 2.45) is 73.0 Å². The third kappa shape index (κ3) is 16.4. The summed E-state index contributed by atoms with van der Waals surface area (Å²) in [5, 5.41) is 17.5. The van der Waals surface area contributed by atoms with Gasteiger partial charge in [0.1, 0.15) is 20.1 Å². The molecule has 0 spiro atoms. The number of aromatic nitrogens is 10. The molecule has 10 aliphatic heterocycles. The van der Waals surface area contributed by atoms with E-state index < -0.39 is 0 Å². The van der Waals surface area contributed by atoms with Crippen LogP contribution >= 0.6 is 81.2 Å². The molecule has 0 unspecified atom stereocenters. The van der Waals surface area contributed by atoms with Gasteiger partial charge in [-0.25, -0.2) is 19.9 Å². The largest absolute Gasteiger partial charge is 0.354 e. The van der Waals surface area contributed by atoms with Crippen LogP contribution in [-0.4, -0.2) is 213 Å². The fourth-order valence-electron chi connectivity index (χ4n) is 20.5. The molecule has 2 aliphatic carbocycles. The Bertz CT molecular complexity index is 4350. The highest BCUT2D eigenvalue weighted by Gasteiger charge is 2.62. The van der Waals surface area contributed by atoms with E-state index in [4.69, 9.17) is 86.2 Å². The predicted octanol–water partition coefficient (Wildman–Crippen LogP) is 15.0. The van der Waals surface area contributed by atoms with Gasteiger partial charge < -0.3 is 45.3 Å². The van der Waals surface area contributed by atoms with E-state index in [1.54, 1.807) is 35.7 Å². The van der Waals surface area contributed by atoms with Crippen molar-refractivity contribution in [3.05, 3.63) is 145 Å². The van der Waals surface area contributed by atoms with Crippen LogP contribution in [0.25, 0.3) is 0 Å². The Balaban J connectivity index is 0.000000110. The Morgan fingerprint density at radius 2 is 0.655 bits per heavy atom. The van der Waals surface area contributed by atoms with E-state index in [9.17, 15) is 0 Å². The lowest BCUT2D eigenvalue weighted by Crippen LogP contribution is -2.34. The summed E-state index contributed by atoms with van der Waals surface area (Å²) in [7, 11) is 1.89. The summed E-state index contributed by atoms with van der Waals surface area (Å²) in [6.45, 7) is 50.1. The first-order valence-corrected chi connectivity index (χ1v) is 42.0. The number of nitrogens with one attached hydrogen (secondary N) is 3. The summed E-state index contributed by atoms with van der Waals surface area (Å²) < 4.78 is 1.75. The molecule has 12 fully saturated rings. The van der Waals surface area contributed by atoms with E-state index in [1.807, 2.05) is 13.2 Å². The number of nitrogens with zero attached hydrogens (tertiary/aromatic N) is 18. The van der Waals surface area contributed by atoms with Gasteiger partial charge >= 0.3 is 0 Å². The molecule has 15 heterocycles. The number of rotatable bonds is 14. The molecule has 12 aliphatic rings. The zero-order valence-electron chi connectivity index (χ0n) is 65.9. The Morgan fingerprint density at radius 3 is 0.973 bits per heavy atom. The first-order chi connectivity index (χ1) is 52.2. The van der Waals surface area contributed by atoms with Crippen LogP contribution in [0.1, 0.15) is 106 Å². The number of hydrogen-bond acceptors (Lipinski definition) is 20. The highest BCUT2D eigenvalue weighted by Crippen LogP contribution is 2.58. The number of likely N-dealkylation sites (tertiary alicyclic amines) is 4. The molecule has 19 rings (SSSR count). The van der Waals surface area contributed by atoms with Crippen LogP contribution in [0.15, 0.2) is 97.8 Å². The lowest BCUT2D eigenvalue weighted by molar-refractivity contribution is 0.212. The number of hydrogen-bond donors (Lipinski definition) is 3. The van der Waals surface area contributed by atoms with Crippen LogP contribution in [0, 0.1) is 66.0 Å². The van der Waals surface area contributed by atoms with Gasteiger partial charge in [0, 0.05) is 224 Å². The quantitative estimate of drug-likeness (QED) is 0.0873. The molecule has 0 radical (unpaired) electrons. The summed E-state index contributed by atoms with van der Waals surface area (Å²) in [5.41, 5.74) is 6.58. The minimum absolute atomic E-state index is 0.197. The Morgan fingerprint density at radius 1 is 0.364 bits per heavy atom. The van der Waals surface area contributed by atoms with Crippen LogP contribution < -0.4 is 35.6 Å². The maximum atomic E-state index is 6.52. The van der Waals surface area contributed by atoms with Gasteiger partial charge in [0.2, 0.25) is 21.8 Å². The van der Waals surface area contributed by atoms with Crippen molar-refractivity contribution in [1.82, 2.24) is 79.9 Å². The zero-order valence-corrected chi connectivity index (χ0v) is 71.2. The van der Waals surface area contributed by atoms with Gasteiger partial charge in [0.25, 0.3) is 0 Å². The summed E-state index contributed by atoms with van der Waals surface area (Å²) in [5.74, 6) is 5.58. The molecular formula is C82H110Cl7N21. The van der Waals surface area contributed by atoms with Crippen LogP contribution in [0.5, 0.6) is 0 Å². The second-order valence-electron chi connectivity index (χ2n) is 37.6. The second kappa shape index (κ2) is 30.8. The van der Waals surface area contributed by atoms with Gasteiger partial charge in [-0.3, -0.25) is 14.5 Å². The molecule has 28 heteroatoms. The molecule has 2 aromatic carbocycles. The van der Waals surface area contributed by atoms with Crippen molar-refractivity contribution in [2.75, 3.05) is 169 Å². The molecule has 3 N–H and O–H groups in total. The average Bonchev–Trinajstić information content (AvgIpc) is 1.58. The molecule has 10 atom stereocenters. The van der Waals surface area contributed by atoms with Crippen molar-refractivity contribution < 1.29 is 0 Å². The van der Waals surface area contributed by atoms with Crippen LogP contribution in [0.3, 0.4) is 0 Å². The van der Waals surface area contributed by atoms with Gasteiger partial charge in [-0.1, -0.05) is 176 Å². The van der Waals surface area contributed by atoms with Crippen LogP contribution in [0.4, 0.5) is 34.9 Å². The predicted molar refractivity (Wildman–Crippen MR) is 447 cm³/mol. The SMILES string of the molecule is C[C@@]12CN(CC3CC3)C[C@]1(C)CN(c1nc(Cl)ncc1Cl)C2.C[C@@]12CN(Cc3ccccc3)C[C@]1(C)CN(c1nc(Cl)ncc1Cl)C2.C[C@@]12CNC[C@]1(C)CN(Cc1ccccc1)C2.C[C@@]12CNC[C@]1(C)CN(c1nc(Cl)ncc1Cl)C2.Cn1cc(Nc2ncc(Cl)c(N3C[C@]4(C)CN(CC5CC5)C[C@]4(C)C3)n2)cn1. The average molecular weight is 1640 g/mol. The molecule has 0 bridgehead atoms. The van der Waals surface area contributed by atoms with Crippen molar-refractivity contribution in [2.45, 2.75) is 108 Å². The van der Waals surface area contributed by atoms with E-state index in [2.05, 4.69) is 225 Å². The lowest BCUT2D eigenvalue weighted by Gasteiger charge is -2.31. The van der Waals surface area contributed by atoms with Crippen molar-refractivity contribution in [1.29, 1.82) is 0 Å². The first kappa shape index (κ1) is 80.0. The highest BCUT2D eigenvalue weighted by molar-refractivity contribution is 6.35. The molecule has 5 aromatic heterocycles. The van der Waals surface area contributed by atoms with Gasteiger partial charge in [0.15, 0.2) is 23.3 Å². The van der Waals surface area contributed by atoms with Crippen molar-refractivity contribution >= 4 is 116 Å². The van der Waals surface area contributed by atoms with E-state index in [1.165, 1.54) is 102 Å². The van der Waals surface area contributed by atoms with E-state index in [0.29, 0.717) is 36.9 Å². The number of aryl methyl sites for hydroxylation is 1. The smallest absolute Gasteiger partial charge is 0.229 e. The zero-order chi connectivity index (χ0) is 77.6. The monoisotopic (exact) mass is 1630 g/mol. The lowest BCUT2D eigenvalue weighted by atomic mass is 9.71. The highest BCUT2D eigenvalue weighted by atomic mass is 35.5. The summed E-state index contributed by atoms with van der Waals surface area (Å²) in [6, 6.07) is 21.5. The minimum atomic E-state index is 0.197. The molecular weight excluding hydrogens is 1530 g/mol. The maximum Gasteiger partial charge on any atom is 0.229 e. The van der Waals surface area contributed by atoms with E-state index in [0.717, 1.165) is 132 Å². The summed E-state index contributed by atoms with van der Waals surface area (Å²) in [4.78, 5) is 53.6. The van der Waals surface area contributed by atoms with E-state index >= 15 is 0 Å². The third-order valence-electron chi connectivity index (χ3n) is 28.1. The van der Waals surface area contributed by atoms with Gasteiger partial charge in [-0.05, 0) is 83.4 Å². The van der Waals surface area contributed by atoms with Gasteiger partial charge in [-0.15, -0.1) is 0 Å². The number of benzene rings is 2. The molecule has 592 valence electrons.